The van der Waals surface area contributed by atoms with E-state index in [1.165, 1.54) is 12.1 Å². The largest absolute Gasteiger partial charge is 0.416 e. The summed E-state index contributed by atoms with van der Waals surface area (Å²) in [6.07, 6.45) is -2.54. The molecule has 0 unspecified atom stereocenters. The quantitative estimate of drug-likeness (QED) is 0.784. The molecule has 1 fully saturated rings. The van der Waals surface area contributed by atoms with Crippen molar-refractivity contribution in [2.75, 3.05) is 5.32 Å². The second-order valence-electron chi connectivity index (χ2n) is 3.99. The third-order valence-electron chi connectivity index (χ3n) is 2.66. The van der Waals surface area contributed by atoms with E-state index in [1.807, 2.05) is 0 Å². The lowest BCUT2D eigenvalue weighted by Gasteiger charge is -2.32. The highest BCUT2D eigenvalue weighted by Crippen LogP contribution is 2.31. The van der Waals surface area contributed by atoms with Gasteiger partial charge in [-0.25, -0.2) is 0 Å². The molecule has 1 saturated carbocycles. The molecule has 5 heteroatoms. The van der Waals surface area contributed by atoms with Crippen LogP contribution in [0.4, 0.5) is 18.9 Å². The number of rotatable bonds is 2. The lowest BCUT2D eigenvalue weighted by atomic mass is 9.92. The summed E-state index contributed by atoms with van der Waals surface area (Å²) in [5.41, 5.74) is 0.0865. The molecule has 0 heterocycles. The van der Waals surface area contributed by atoms with Crippen LogP contribution in [0.15, 0.2) is 24.3 Å². The number of nitrogens with one attached hydrogen (secondary N) is 1. The second-order valence-corrected chi connectivity index (χ2v) is 4.60. The summed E-state index contributed by atoms with van der Waals surface area (Å²) < 4.78 is 36.8. The Kier molecular flexibility index (Phi) is 3.02. The highest BCUT2D eigenvalue weighted by atomic mass is 35.5. The van der Waals surface area contributed by atoms with Crippen LogP contribution in [-0.4, -0.2) is 11.4 Å². The van der Waals surface area contributed by atoms with Crippen LogP contribution in [0, 0.1) is 0 Å². The van der Waals surface area contributed by atoms with Gasteiger partial charge in [-0.2, -0.15) is 13.2 Å². The van der Waals surface area contributed by atoms with Crippen molar-refractivity contribution >= 4 is 17.3 Å². The van der Waals surface area contributed by atoms with Gasteiger partial charge in [0.2, 0.25) is 0 Å². The van der Waals surface area contributed by atoms with Crippen molar-refractivity contribution < 1.29 is 13.2 Å². The van der Waals surface area contributed by atoms with Crippen molar-refractivity contribution in [3.8, 4) is 0 Å². The van der Waals surface area contributed by atoms with E-state index in [4.69, 9.17) is 11.6 Å². The van der Waals surface area contributed by atoms with Crippen molar-refractivity contribution in [2.24, 2.45) is 0 Å². The van der Waals surface area contributed by atoms with Gasteiger partial charge in [-0.15, -0.1) is 11.6 Å². The van der Waals surface area contributed by atoms with Crippen LogP contribution >= 0.6 is 11.6 Å². The van der Waals surface area contributed by atoms with Gasteiger partial charge in [-0.05, 0) is 37.1 Å². The Labute approximate surface area is 96.6 Å². The Bertz CT molecular complexity index is 354. The van der Waals surface area contributed by atoms with Crippen molar-refractivity contribution in [3.05, 3.63) is 29.8 Å². The SMILES string of the molecule is FC(F)(F)c1ccc(NC2CC(Cl)C2)cc1. The van der Waals surface area contributed by atoms with Crippen LogP contribution in [0.3, 0.4) is 0 Å². The van der Waals surface area contributed by atoms with Crippen molar-refractivity contribution in [1.82, 2.24) is 0 Å². The van der Waals surface area contributed by atoms with Gasteiger partial charge in [-0.3, -0.25) is 0 Å². The predicted octanol–water partition coefficient (Wildman–Crippen LogP) is 3.89. The maximum atomic E-state index is 12.3. The van der Waals surface area contributed by atoms with Crippen LogP contribution < -0.4 is 5.32 Å². The minimum atomic E-state index is -4.27. The molecular weight excluding hydrogens is 239 g/mol. The molecule has 1 nitrogen and oxygen atoms in total. The maximum absolute atomic E-state index is 12.3. The van der Waals surface area contributed by atoms with Gasteiger partial charge >= 0.3 is 6.18 Å². The molecule has 1 aliphatic carbocycles. The number of alkyl halides is 4. The normalized spacial score (nSPS) is 25.0. The zero-order valence-corrected chi connectivity index (χ0v) is 9.15. The number of anilines is 1. The fourth-order valence-corrected chi connectivity index (χ4v) is 2.09. The highest BCUT2D eigenvalue weighted by Gasteiger charge is 2.30. The van der Waals surface area contributed by atoms with Crippen LogP contribution in [0.1, 0.15) is 18.4 Å². The zero-order chi connectivity index (χ0) is 11.8. The Morgan fingerprint density at radius 1 is 1.12 bits per heavy atom. The Morgan fingerprint density at radius 2 is 1.69 bits per heavy atom. The van der Waals surface area contributed by atoms with Gasteiger partial charge in [0.15, 0.2) is 0 Å². The minimum absolute atomic E-state index is 0.201. The summed E-state index contributed by atoms with van der Waals surface area (Å²) in [4.78, 5) is 0. The molecule has 1 N–H and O–H groups in total. The average Bonchev–Trinajstić information content (AvgIpc) is 2.15. The van der Waals surface area contributed by atoms with Gasteiger partial charge in [-0.1, -0.05) is 0 Å². The van der Waals surface area contributed by atoms with Gasteiger partial charge in [0.05, 0.1) is 5.56 Å². The standard InChI is InChI=1S/C11H11ClF3N/c12-8-5-10(6-8)16-9-3-1-7(2-4-9)11(13,14)15/h1-4,8,10,16H,5-6H2. The molecule has 2 rings (SSSR count). The van der Waals surface area contributed by atoms with E-state index >= 15 is 0 Å². The molecule has 0 saturated heterocycles. The number of hydrogen-bond acceptors (Lipinski definition) is 1. The van der Waals surface area contributed by atoms with Gasteiger partial charge in [0.25, 0.3) is 0 Å². The Balaban J connectivity index is 1.97. The number of hydrogen-bond donors (Lipinski definition) is 1. The van der Waals surface area contributed by atoms with Gasteiger partial charge < -0.3 is 5.32 Å². The summed E-state index contributed by atoms with van der Waals surface area (Å²) in [6.45, 7) is 0. The van der Waals surface area contributed by atoms with E-state index in [-0.39, 0.29) is 5.38 Å². The van der Waals surface area contributed by atoms with Crippen molar-refractivity contribution in [1.29, 1.82) is 0 Å². The fraction of sp³-hybridized carbons (Fsp3) is 0.455. The van der Waals surface area contributed by atoms with Gasteiger partial charge in [0.1, 0.15) is 0 Å². The summed E-state index contributed by atoms with van der Waals surface area (Å²) in [6, 6.07) is 5.35. The van der Waals surface area contributed by atoms with E-state index in [0.29, 0.717) is 11.7 Å². The summed E-state index contributed by atoms with van der Waals surface area (Å²) in [5.74, 6) is 0. The predicted molar refractivity (Wildman–Crippen MR) is 57.7 cm³/mol. The summed E-state index contributed by atoms with van der Waals surface area (Å²) in [5, 5.41) is 3.34. The van der Waals surface area contributed by atoms with E-state index in [0.717, 1.165) is 25.0 Å². The Hall–Kier alpha value is -0.900. The molecule has 0 bridgehead atoms. The van der Waals surface area contributed by atoms with Crippen LogP contribution in [-0.2, 0) is 6.18 Å². The summed E-state index contributed by atoms with van der Waals surface area (Å²) in [7, 11) is 0. The van der Waals surface area contributed by atoms with Gasteiger partial charge in [0, 0.05) is 17.1 Å². The molecule has 0 spiro atoms. The monoisotopic (exact) mass is 249 g/mol. The molecule has 0 aromatic heterocycles. The molecular formula is C11H11ClF3N. The Morgan fingerprint density at radius 3 is 2.12 bits per heavy atom. The van der Waals surface area contributed by atoms with Crippen LogP contribution in [0.2, 0.25) is 0 Å². The van der Waals surface area contributed by atoms with E-state index in [2.05, 4.69) is 5.32 Å². The second kappa shape index (κ2) is 4.17. The zero-order valence-electron chi connectivity index (χ0n) is 8.39. The van der Waals surface area contributed by atoms with E-state index in [9.17, 15) is 13.2 Å². The van der Waals surface area contributed by atoms with E-state index in [1.54, 1.807) is 0 Å². The molecule has 0 aliphatic heterocycles. The van der Waals surface area contributed by atoms with E-state index < -0.39 is 11.7 Å². The third kappa shape index (κ3) is 2.61. The number of halogens is 4. The third-order valence-corrected chi connectivity index (χ3v) is 3.02. The highest BCUT2D eigenvalue weighted by molar-refractivity contribution is 6.21. The average molecular weight is 250 g/mol. The maximum Gasteiger partial charge on any atom is 0.416 e. The molecule has 16 heavy (non-hydrogen) atoms. The topological polar surface area (TPSA) is 12.0 Å². The molecule has 1 aromatic rings. The van der Waals surface area contributed by atoms with Crippen LogP contribution in [0.5, 0.6) is 0 Å². The van der Waals surface area contributed by atoms with Crippen LogP contribution in [0.25, 0.3) is 0 Å². The summed E-state index contributed by atoms with van der Waals surface area (Å²) >= 11 is 5.81. The first-order chi connectivity index (χ1) is 7.45. The molecule has 0 atom stereocenters. The minimum Gasteiger partial charge on any atom is -0.382 e. The lowest BCUT2D eigenvalue weighted by molar-refractivity contribution is -0.137. The van der Waals surface area contributed by atoms with Crippen molar-refractivity contribution in [2.45, 2.75) is 30.4 Å². The lowest BCUT2D eigenvalue weighted by Crippen LogP contribution is -2.35. The number of benzene rings is 1. The molecule has 1 aromatic carbocycles. The molecule has 0 radical (unpaired) electrons. The van der Waals surface area contributed by atoms with Crippen molar-refractivity contribution in [3.63, 3.8) is 0 Å². The fourth-order valence-electron chi connectivity index (χ4n) is 1.66. The molecule has 0 amide bonds. The smallest absolute Gasteiger partial charge is 0.382 e. The first-order valence-electron chi connectivity index (χ1n) is 5.03. The first kappa shape index (κ1) is 11.6. The first-order valence-corrected chi connectivity index (χ1v) is 5.46. The molecule has 88 valence electrons. The molecule has 1 aliphatic rings.